The first-order valence-corrected chi connectivity index (χ1v) is 6.64. The van der Waals surface area contributed by atoms with Crippen molar-refractivity contribution in [2.45, 2.75) is 57.8 Å². The number of hydrogen-bond donors (Lipinski definition) is 0. The van der Waals surface area contributed by atoms with Crippen LogP contribution in [0.1, 0.15) is 57.8 Å². The molecule has 0 aromatic rings. The second-order valence-electron chi connectivity index (χ2n) is 5.58. The molecule has 0 nitrogen and oxygen atoms in total. The molecule has 0 bridgehead atoms. The highest BCUT2D eigenvalue weighted by atomic mass is 14.4. The molecule has 3 unspecified atom stereocenters. The van der Waals surface area contributed by atoms with E-state index in [1.54, 1.807) is 6.42 Å². The monoisotopic (exact) mass is 190 g/mol. The molecule has 14 heavy (non-hydrogen) atoms. The predicted molar refractivity (Wildman–Crippen MR) is 60.1 cm³/mol. The zero-order chi connectivity index (χ0) is 9.38. The minimum atomic E-state index is 1.03. The van der Waals surface area contributed by atoms with E-state index in [4.69, 9.17) is 0 Å². The van der Waals surface area contributed by atoms with Gasteiger partial charge in [0.1, 0.15) is 0 Å². The second-order valence-corrected chi connectivity index (χ2v) is 5.58. The summed E-state index contributed by atoms with van der Waals surface area (Å²) in [5, 5.41) is 0. The van der Waals surface area contributed by atoms with Crippen molar-refractivity contribution in [1.82, 2.24) is 0 Å². The Balaban J connectivity index is 1.82. The van der Waals surface area contributed by atoms with Gasteiger partial charge in [-0.05, 0) is 56.3 Å². The topological polar surface area (TPSA) is 0 Å². The summed E-state index contributed by atoms with van der Waals surface area (Å²) in [4.78, 5) is 0. The summed E-state index contributed by atoms with van der Waals surface area (Å²) >= 11 is 0. The van der Waals surface area contributed by atoms with Crippen LogP contribution in [0.5, 0.6) is 0 Å². The van der Waals surface area contributed by atoms with Crippen molar-refractivity contribution >= 4 is 0 Å². The zero-order valence-corrected chi connectivity index (χ0v) is 9.17. The number of allylic oxidation sites excluding steroid dienone is 2. The van der Waals surface area contributed by atoms with Crippen molar-refractivity contribution in [3.8, 4) is 0 Å². The fraction of sp³-hybridized carbons (Fsp3) is 0.857. The van der Waals surface area contributed by atoms with Crippen LogP contribution < -0.4 is 0 Å². The second kappa shape index (κ2) is 3.72. The van der Waals surface area contributed by atoms with Gasteiger partial charge in [0.2, 0.25) is 0 Å². The molecule has 0 aliphatic heterocycles. The molecule has 0 heterocycles. The molecule has 0 amide bonds. The molecule has 78 valence electrons. The summed E-state index contributed by atoms with van der Waals surface area (Å²) in [6.45, 7) is 0. The summed E-state index contributed by atoms with van der Waals surface area (Å²) in [6, 6.07) is 0. The third-order valence-electron chi connectivity index (χ3n) is 4.87. The van der Waals surface area contributed by atoms with Crippen molar-refractivity contribution < 1.29 is 0 Å². The molecule has 0 aromatic heterocycles. The van der Waals surface area contributed by atoms with Crippen molar-refractivity contribution in [3.05, 3.63) is 11.6 Å². The van der Waals surface area contributed by atoms with Gasteiger partial charge in [-0.2, -0.15) is 0 Å². The van der Waals surface area contributed by atoms with Crippen LogP contribution in [0.3, 0.4) is 0 Å². The highest BCUT2D eigenvalue weighted by Crippen LogP contribution is 2.48. The molecule has 0 N–H and O–H groups in total. The van der Waals surface area contributed by atoms with Gasteiger partial charge in [-0.1, -0.05) is 30.9 Å². The standard InChI is InChI=1S/C14H22/c1-3-7-13-11(5-1)9-10-12-6-2-4-8-14(12)13/h9,12-14H,1-8,10H2. The first-order valence-electron chi connectivity index (χ1n) is 6.64. The summed E-state index contributed by atoms with van der Waals surface area (Å²) in [7, 11) is 0. The SMILES string of the molecule is C1=C2CCCCC2C2CCCCC2C1. The van der Waals surface area contributed by atoms with E-state index in [0.29, 0.717) is 0 Å². The zero-order valence-electron chi connectivity index (χ0n) is 9.17. The predicted octanol–water partition coefficient (Wildman–Crippen LogP) is 4.31. The van der Waals surface area contributed by atoms with Gasteiger partial charge in [0.25, 0.3) is 0 Å². The highest BCUT2D eigenvalue weighted by Gasteiger charge is 2.36. The quantitative estimate of drug-likeness (QED) is 0.499. The van der Waals surface area contributed by atoms with E-state index in [2.05, 4.69) is 6.08 Å². The molecule has 2 saturated carbocycles. The first-order chi connectivity index (χ1) is 6.95. The lowest BCUT2D eigenvalue weighted by Gasteiger charge is -2.43. The van der Waals surface area contributed by atoms with Crippen LogP contribution >= 0.6 is 0 Å². The molecule has 2 fully saturated rings. The van der Waals surface area contributed by atoms with Gasteiger partial charge in [0.05, 0.1) is 0 Å². The van der Waals surface area contributed by atoms with Gasteiger partial charge in [0, 0.05) is 0 Å². The van der Waals surface area contributed by atoms with Crippen LogP contribution in [0.4, 0.5) is 0 Å². The minimum absolute atomic E-state index is 1.03. The van der Waals surface area contributed by atoms with Crippen LogP contribution in [0.25, 0.3) is 0 Å². The summed E-state index contributed by atoms with van der Waals surface area (Å²) in [5.74, 6) is 3.21. The van der Waals surface area contributed by atoms with E-state index in [1.807, 2.05) is 5.57 Å². The van der Waals surface area contributed by atoms with Crippen LogP contribution in [-0.2, 0) is 0 Å². The Morgan fingerprint density at radius 1 is 0.929 bits per heavy atom. The molecule has 0 aromatic carbocycles. The highest BCUT2D eigenvalue weighted by molar-refractivity contribution is 5.15. The molecular formula is C14H22. The maximum Gasteiger partial charge on any atom is -0.0172 e. The van der Waals surface area contributed by atoms with Crippen molar-refractivity contribution in [3.63, 3.8) is 0 Å². The third kappa shape index (κ3) is 1.43. The van der Waals surface area contributed by atoms with Gasteiger partial charge < -0.3 is 0 Å². The van der Waals surface area contributed by atoms with Gasteiger partial charge in [-0.3, -0.25) is 0 Å². The summed E-state index contributed by atoms with van der Waals surface area (Å²) in [5.41, 5.74) is 1.86. The van der Waals surface area contributed by atoms with E-state index in [-0.39, 0.29) is 0 Å². The van der Waals surface area contributed by atoms with E-state index >= 15 is 0 Å². The summed E-state index contributed by atoms with van der Waals surface area (Å²) < 4.78 is 0. The van der Waals surface area contributed by atoms with E-state index in [9.17, 15) is 0 Å². The van der Waals surface area contributed by atoms with E-state index < -0.39 is 0 Å². The normalized spacial score (nSPS) is 42.3. The molecular weight excluding hydrogens is 168 g/mol. The largest absolute Gasteiger partial charge is 0.0848 e. The molecule has 3 rings (SSSR count). The molecule has 0 heteroatoms. The van der Waals surface area contributed by atoms with Crippen molar-refractivity contribution in [2.24, 2.45) is 17.8 Å². The molecule has 3 aliphatic carbocycles. The maximum atomic E-state index is 2.62. The third-order valence-corrected chi connectivity index (χ3v) is 4.87. The Morgan fingerprint density at radius 3 is 2.79 bits per heavy atom. The molecule has 3 atom stereocenters. The van der Waals surface area contributed by atoms with E-state index in [1.165, 1.54) is 51.4 Å². The average molecular weight is 190 g/mol. The average Bonchev–Trinajstić information content (AvgIpc) is 2.29. The lowest BCUT2D eigenvalue weighted by atomic mass is 9.62. The molecule has 0 spiro atoms. The number of rotatable bonds is 0. The summed E-state index contributed by atoms with van der Waals surface area (Å²) in [6.07, 6.45) is 16.1. The lowest BCUT2D eigenvalue weighted by Crippen LogP contribution is -2.32. The number of fused-ring (bicyclic) bond motifs is 3. The smallest absolute Gasteiger partial charge is 0.0172 e. The Labute approximate surface area is 87.8 Å². The van der Waals surface area contributed by atoms with Gasteiger partial charge >= 0.3 is 0 Å². The minimum Gasteiger partial charge on any atom is -0.0848 e. The first kappa shape index (κ1) is 9.00. The Hall–Kier alpha value is -0.260. The van der Waals surface area contributed by atoms with Crippen LogP contribution in [0.15, 0.2) is 11.6 Å². The van der Waals surface area contributed by atoms with Crippen LogP contribution in [0.2, 0.25) is 0 Å². The maximum absolute atomic E-state index is 2.62. The fourth-order valence-corrected chi connectivity index (χ4v) is 4.17. The van der Waals surface area contributed by atoms with Gasteiger partial charge in [0.15, 0.2) is 0 Å². The lowest BCUT2D eigenvalue weighted by molar-refractivity contribution is 0.148. The van der Waals surface area contributed by atoms with Crippen molar-refractivity contribution in [1.29, 1.82) is 0 Å². The van der Waals surface area contributed by atoms with E-state index in [0.717, 1.165) is 17.8 Å². The Kier molecular flexibility index (Phi) is 2.39. The van der Waals surface area contributed by atoms with Crippen LogP contribution in [0, 0.1) is 17.8 Å². The molecule has 0 saturated heterocycles. The van der Waals surface area contributed by atoms with Crippen LogP contribution in [-0.4, -0.2) is 0 Å². The van der Waals surface area contributed by atoms with Gasteiger partial charge in [-0.25, -0.2) is 0 Å². The molecule has 3 aliphatic rings. The fourth-order valence-electron chi connectivity index (χ4n) is 4.17. The van der Waals surface area contributed by atoms with Crippen molar-refractivity contribution in [2.75, 3.05) is 0 Å². The number of hydrogen-bond acceptors (Lipinski definition) is 0. The Morgan fingerprint density at radius 2 is 1.79 bits per heavy atom. The Bertz CT molecular complexity index is 238. The van der Waals surface area contributed by atoms with Gasteiger partial charge in [-0.15, -0.1) is 0 Å². The molecule has 0 radical (unpaired) electrons.